The van der Waals surface area contributed by atoms with Gasteiger partial charge in [-0.15, -0.1) is 0 Å². The molecule has 0 unspecified atom stereocenters. The minimum Gasteiger partial charge on any atom is -0.513 e. The Hall–Kier alpha value is -1.71. The summed E-state index contributed by atoms with van der Waals surface area (Å²) in [6.07, 6.45) is 7.88. The van der Waals surface area contributed by atoms with E-state index in [1.54, 1.807) is 12.5 Å². The van der Waals surface area contributed by atoms with Crippen LogP contribution in [0.2, 0.25) is 0 Å². The van der Waals surface area contributed by atoms with E-state index in [9.17, 15) is 0 Å². The van der Waals surface area contributed by atoms with Gasteiger partial charge in [-0.3, -0.25) is 0 Å². The van der Waals surface area contributed by atoms with Crippen molar-refractivity contribution in [3.8, 4) is 0 Å². The largest absolute Gasteiger partial charge is 0.513 e. The highest BCUT2D eigenvalue weighted by Crippen LogP contribution is 2.05. The van der Waals surface area contributed by atoms with Crippen molar-refractivity contribution in [2.45, 2.75) is 25.8 Å². The van der Waals surface area contributed by atoms with E-state index in [2.05, 4.69) is 23.5 Å². The van der Waals surface area contributed by atoms with Crippen LogP contribution in [0.3, 0.4) is 0 Å². The average Bonchev–Trinajstić information content (AvgIpc) is 2.70. The molecule has 0 saturated carbocycles. The fraction of sp³-hybridized carbons (Fsp3) is 0.417. The van der Waals surface area contributed by atoms with Crippen LogP contribution in [0.1, 0.15) is 19.3 Å². The molecule has 0 spiro atoms. The Labute approximate surface area is 96.3 Å². The topological polar surface area (TPSA) is 50.1 Å². The van der Waals surface area contributed by atoms with Gasteiger partial charge in [-0.05, 0) is 12.8 Å². The monoisotopic (exact) mass is 221 g/mol. The molecule has 4 heteroatoms. The number of aliphatic hydroxyl groups is 1. The predicted molar refractivity (Wildman–Crippen MR) is 65.0 cm³/mol. The molecule has 88 valence electrons. The molecule has 0 amide bonds. The Kier molecular flexibility index (Phi) is 5.19. The zero-order valence-corrected chi connectivity index (χ0v) is 9.52. The fourth-order valence-electron chi connectivity index (χ4n) is 1.38. The Morgan fingerprint density at radius 3 is 2.81 bits per heavy atom. The van der Waals surface area contributed by atoms with Gasteiger partial charge >= 0.3 is 0 Å². The number of nitrogens with one attached hydrogen (secondary N) is 1. The van der Waals surface area contributed by atoms with Crippen molar-refractivity contribution >= 4 is 0 Å². The highest BCUT2D eigenvalue weighted by molar-refractivity contribution is 4.92. The Morgan fingerprint density at radius 1 is 1.38 bits per heavy atom. The molecule has 1 heterocycles. The van der Waals surface area contributed by atoms with Crippen LogP contribution in [0, 0.1) is 0 Å². The van der Waals surface area contributed by atoms with E-state index >= 15 is 0 Å². The molecular weight excluding hydrogens is 202 g/mol. The third kappa shape index (κ3) is 5.24. The highest BCUT2D eigenvalue weighted by atomic mass is 16.3. The molecule has 0 radical (unpaired) electrons. The minimum absolute atomic E-state index is 0.242. The first kappa shape index (κ1) is 12.4. The number of rotatable bonds is 8. The summed E-state index contributed by atoms with van der Waals surface area (Å²) in [7, 11) is 0. The van der Waals surface area contributed by atoms with E-state index in [0.717, 1.165) is 31.6 Å². The van der Waals surface area contributed by atoms with Gasteiger partial charge in [0.25, 0.3) is 0 Å². The first-order chi connectivity index (χ1) is 7.68. The molecule has 0 bridgehead atoms. The third-order valence-electron chi connectivity index (χ3n) is 2.25. The lowest BCUT2D eigenvalue weighted by Gasteiger charge is -2.09. The summed E-state index contributed by atoms with van der Waals surface area (Å²) in [5.41, 5.74) is 1.00. The molecular formula is C12H19N3O. The molecule has 1 aromatic heterocycles. The van der Waals surface area contributed by atoms with E-state index in [1.165, 1.54) is 0 Å². The van der Waals surface area contributed by atoms with Gasteiger partial charge in [-0.25, -0.2) is 4.98 Å². The average molecular weight is 221 g/mol. The summed E-state index contributed by atoms with van der Waals surface area (Å²) in [6, 6.07) is 0. The maximum atomic E-state index is 8.91. The van der Waals surface area contributed by atoms with E-state index in [1.807, 2.05) is 10.8 Å². The summed E-state index contributed by atoms with van der Waals surface area (Å²) in [4.78, 5) is 3.96. The lowest BCUT2D eigenvalue weighted by molar-refractivity contribution is 0.386. The normalized spacial score (nSPS) is 10.0. The van der Waals surface area contributed by atoms with Crippen LogP contribution in [0.5, 0.6) is 0 Å². The van der Waals surface area contributed by atoms with Gasteiger partial charge in [-0.1, -0.05) is 13.2 Å². The van der Waals surface area contributed by atoms with Gasteiger partial charge in [0.05, 0.1) is 12.1 Å². The SMILES string of the molecule is C=C(O)CCCC(=C)NCCn1ccnc1. The van der Waals surface area contributed by atoms with Crippen molar-refractivity contribution in [2.75, 3.05) is 6.54 Å². The number of nitrogens with zero attached hydrogens (tertiary/aromatic N) is 2. The third-order valence-corrected chi connectivity index (χ3v) is 2.25. The molecule has 1 aromatic rings. The standard InChI is InChI=1S/C12H19N3O/c1-11(4-3-5-12(2)16)14-7-9-15-8-6-13-10-15/h6,8,10,14,16H,1-5,7,9H2. The van der Waals surface area contributed by atoms with E-state index in [0.29, 0.717) is 6.42 Å². The van der Waals surface area contributed by atoms with Crippen molar-refractivity contribution in [3.63, 3.8) is 0 Å². The van der Waals surface area contributed by atoms with Crippen LogP contribution in [0.25, 0.3) is 0 Å². The van der Waals surface area contributed by atoms with Crippen molar-refractivity contribution in [3.05, 3.63) is 43.3 Å². The maximum Gasteiger partial charge on any atom is 0.0946 e. The molecule has 0 fully saturated rings. The van der Waals surface area contributed by atoms with Crippen molar-refractivity contribution < 1.29 is 5.11 Å². The van der Waals surface area contributed by atoms with Crippen molar-refractivity contribution in [1.82, 2.24) is 14.9 Å². The first-order valence-corrected chi connectivity index (χ1v) is 5.42. The fourth-order valence-corrected chi connectivity index (χ4v) is 1.38. The molecule has 4 nitrogen and oxygen atoms in total. The van der Waals surface area contributed by atoms with E-state index in [4.69, 9.17) is 5.11 Å². The summed E-state index contributed by atoms with van der Waals surface area (Å²) >= 11 is 0. The number of imidazole rings is 1. The quantitative estimate of drug-likeness (QED) is 0.662. The Morgan fingerprint density at radius 2 is 2.19 bits per heavy atom. The second kappa shape index (κ2) is 6.71. The minimum atomic E-state index is 0.242. The molecule has 16 heavy (non-hydrogen) atoms. The Balaban J connectivity index is 2.04. The van der Waals surface area contributed by atoms with Crippen LogP contribution in [0.4, 0.5) is 0 Å². The van der Waals surface area contributed by atoms with Gasteiger partial charge < -0.3 is 15.0 Å². The summed E-state index contributed by atoms with van der Waals surface area (Å²) in [5, 5.41) is 12.2. The highest BCUT2D eigenvalue weighted by Gasteiger charge is 1.96. The number of allylic oxidation sites excluding steroid dienone is 2. The number of aromatic nitrogens is 2. The van der Waals surface area contributed by atoms with Gasteiger partial charge in [0, 0.05) is 37.6 Å². The number of aliphatic hydroxyl groups excluding tert-OH is 1. The smallest absolute Gasteiger partial charge is 0.0946 e. The number of hydrogen-bond acceptors (Lipinski definition) is 3. The predicted octanol–water partition coefficient (Wildman–Crippen LogP) is 2.23. The van der Waals surface area contributed by atoms with Crippen molar-refractivity contribution in [1.29, 1.82) is 0 Å². The molecule has 0 aromatic carbocycles. The van der Waals surface area contributed by atoms with E-state index in [-0.39, 0.29) is 5.76 Å². The van der Waals surface area contributed by atoms with Gasteiger partial charge in [0.1, 0.15) is 0 Å². The van der Waals surface area contributed by atoms with Crippen molar-refractivity contribution in [2.24, 2.45) is 0 Å². The van der Waals surface area contributed by atoms with E-state index < -0.39 is 0 Å². The second-order valence-corrected chi connectivity index (χ2v) is 3.75. The lowest BCUT2D eigenvalue weighted by Crippen LogP contribution is -2.18. The zero-order valence-electron chi connectivity index (χ0n) is 9.52. The lowest BCUT2D eigenvalue weighted by atomic mass is 10.2. The molecule has 0 aliphatic carbocycles. The van der Waals surface area contributed by atoms with Crippen LogP contribution in [-0.2, 0) is 6.54 Å². The van der Waals surface area contributed by atoms with Gasteiger partial charge in [-0.2, -0.15) is 0 Å². The van der Waals surface area contributed by atoms with Gasteiger partial charge in [0.2, 0.25) is 0 Å². The molecule has 0 aliphatic heterocycles. The number of hydrogen-bond donors (Lipinski definition) is 2. The molecule has 1 rings (SSSR count). The first-order valence-electron chi connectivity index (χ1n) is 5.42. The Bertz CT molecular complexity index is 330. The molecule has 0 saturated heterocycles. The zero-order chi connectivity index (χ0) is 11.8. The van der Waals surface area contributed by atoms with Gasteiger partial charge in [0.15, 0.2) is 0 Å². The molecule has 0 atom stereocenters. The van der Waals surface area contributed by atoms with Crippen LogP contribution in [0.15, 0.2) is 43.3 Å². The molecule has 2 N–H and O–H groups in total. The summed E-state index contributed by atoms with van der Waals surface area (Å²) < 4.78 is 2.01. The summed E-state index contributed by atoms with van der Waals surface area (Å²) in [6.45, 7) is 9.09. The molecule has 0 aliphatic rings. The van der Waals surface area contributed by atoms with Crippen LogP contribution in [-0.4, -0.2) is 21.2 Å². The van der Waals surface area contributed by atoms with Crippen LogP contribution >= 0.6 is 0 Å². The van der Waals surface area contributed by atoms with Crippen LogP contribution < -0.4 is 5.32 Å². The maximum absolute atomic E-state index is 8.91. The second-order valence-electron chi connectivity index (χ2n) is 3.75. The summed E-state index contributed by atoms with van der Waals surface area (Å²) in [5.74, 6) is 0.242.